The summed E-state index contributed by atoms with van der Waals surface area (Å²) < 4.78 is 13.5. The van der Waals surface area contributed by atoms with Gasteiger partial charge in [0.1, 0.15) is 5.82 Å². The molecule has 0 radical (unpaired) electrons. The molecule has 0 aromatic heterocycles. The summed E-state index contributed by atoms with van der Waals surface area (Å²) in [4.78, 5) is 13.5. The summed E-state index contributed by atoms with van der Waals surface area (Å²) in [5.74, 6) is -0.990. The van der Waals surface area contributed by atoms with E-state index in [4.69, 9.17) is 10.8 Å². The number of halogens is 1. The molecule has 0 aliphatic heterocycles. The van der Waals surface area contributed by atoms with Crippen LogP contribution in [0, 0.1) is 5.82 Å². The van der Waals surface area contributed by atoms with Crippen LogP contribution < -0.4 is 5.73 Å². The van der Waals surface area contributed by atoms with Crippen molar-refractivity contribution in [2.75, 3.05) is 25.4 Å². The second kappa shape index (κ2) is 6.20. The lowest BCUT2D eigenvalue weighted by atomic mass is 10.1. The molecule has 0 bridgehead atoms. The molecule has 94 valence electrons. The summed E-state index contributed by atoms with van der Waals surface area (Å²) in [6, 6.07) is 4.01. The van der Waals surface area contributed by atoms with Crippen LogP contribution in [-0.4, -0.2) is 35.6 Å². The summed E-state index contributed by atoms with van der Waals surface area (Å²) >= 11 is 0. The number of rotatable bonds is 5. The Bertz CT molecular complexity index is 396. The second-order valence-corrected chi connectivity index (χ2v) is 3.70. The Labute approximate surface area is 99.8 Å². The molecule has 0 heterocycles. The molecular formula is C12H17FN2O2. The van der Waals surface area contributed by atoms with Crippen molar-refractivity contribution in [1.29, 1.82) is 0 Å². The lowest BCUT2D eigenvalue weighted by Crippen LogP contribution is -2.32. The Morgan fingerprint density at radius 2 is 2.24 bits per heavy atom. The Hall–Kier alpha value is -1.62. The molecule has 1 aromatic rings. The summed E-state index contributed by atoms with van der Waals surface area (Å²) in [6.45, 7) is 2.71. The van der Waals surface area contributed by atoms with E-state index in [9.17, 15) is 9.18 Å². The Kier molecular flexibility index (Phi) is 4.90. The minimum absolute atomic E-state index is 0.00794. The van der Waals surface area contributed by atoms with E-state index in [0.717, 1.165) is 6.07 Å². The minimum Gasteiger partial charge on any atom is -0.399 e. The van der Waals surface area contributed by atoms with Crippen molar-refractivity contribution in [3.63, 3.8) is 0 Å². The van der Waals surface area contributed by atoms with Crippen molar-refractivity contribution in [2.24, 2.45) is 0 Å². The lowest BCUT2D eigenvalue weighted by Gasteiger charge is -2.20. The van der Waals surface area contributed by atoms with Gasteiger partial charge in [-0.2, -0.15) is 0 Å². The average molecular weight is 240 g/mol. The third-order valence-corrected chi connectivity index (χ3v) is 2.48. The topological polar surface area (TPSA) is 66.6 Å². The average Bonchev–Trinajstić information content (AvgIpc) is 2.29. The zero-order chi connectivity index (χ0) is 12.8. The number of hydrogen-bond acceptors (Lipinski definition) is 3. The standard InChI is InChI=1S/C12H17FN2O2/c1-2-15(6-3-7-16)12(17)10-5-4-9(14)8-11(10)13/h4-5,8,16H,2-3,6-7,14H2,1H3. The first kappa shape index (κ1) is 13.4. The van der Waals surface area contributed by atoms with Gasteiger partial charge >= 0.3 is 0 Å². The van der Waals surface area contributed by atoms with Crippen LogP contribution in [0.4, 0.5) is 10.1 Å². The number of hydrogen-bond donors (Lipinski definition) is 2. The summed E-state index contributed by atoms with van der Waals surface area (Å²) in [6.07, 6.45) is 0.482. The van der Waals surface area contributed by atoms with E-state index in [2.05, 4.69) is 0 Å². The molecule has 0 aliphatic carbocycles. The van der Waals surface area contributed by atoms with Gasteiger partial charge in [0.15, 0.2) is 0 Å². The number of carbonyl (C=O) groups is 1. The van der Waals surface area contributed by atoms with Gasteiger partial charge in [0.2, 0.25) is 0 Å². The number of nitrogen functional groups attached to an aromatic ring is 1. The van der Waals surface area contributed by atoms with Crippen LogP contribution in [0.3, 0.4) is 0 Å². The number of nitrogens with zero attached hydrogens (tertiary/aromatic N) is 1. The molecule has 0 saturated heterocycles. The molecule has 1 amide bonds. The van der Waals surface area contributed by atoms with Crippen LogP contribution in [0.25, 0.3) is 0 Å². The van der Waals surface area contributed by atoms with Gasteiger partial charge in [-0.05, 0) is 31.5 Å². The first-order valence-corrected chi connectivity index (χ1v) is 5.55. The number of aliphatic hydroxyl groups excluding tert-OH is 1. The molecular weight excluding hydrogens is 223 g/mol. The van der Waals surface area contributed by atoms with Crippen LogP contribution in [0.15, 0.2) is 18.2 Å². The van der Waals surface area contributed by atoms with Gasteiger partial charge in [-0.25, -0.2) is 4.39 Å². The highest BCUT2D eigenvalue weighted by Crippen LogP contribution is 2.14. The molecule has 3 N–H and O–H groups in total. The van der Waals surface area contributed by atoms with Crippen molar-refractivity contribution in [3.05, 3.63) is 29.6 Å². The van der Waals surface area contributed by atoms with E-state index in [0.29, 0.717) is 19.5 Å². The predicted octanol–water partition coefficient (Wildman–Crippen LogP) is 1.25. The van der Waals surface area contributed by atoms with E-state index in [1.54, 1.807) is 0 Å². The van der Waals surface area contributed by atoms with E-state index in [1.165, 1.54) is 17.0 Å². The van der Waals surface area contributed by atoms with Crippen molar-refractivity contribution in [3.8, 4) is 0 Å². The molecule has 4 nitrogen and oxygen atoms in total. The molecule has 0 atom stereocenters. The second-order valence-electron chi connectivity index (χ2n) is 3.70. The van der Waals surface area contributed by atoms with Gasteiger partial charge in [-0.15, -0.1) is 0 Å². The number of nitrogens with two attached hydrogens (primary N) is 1. The van der Waals surface area contributed by atoms with E-state index in [1.807, 2.05) is 6.92 Å². The highest BCUT2D eigenvalue weighted by molar-refractivity contribution is 5.94. The van der Waals surface area contributed by atoms with Crippen molar-refractivity contribution in [2.45, 2.75) is 13.3 Å². The quantitative estimate of drug-likeness (QED) is 0.761. The van der Waals surface area contributed by atoms with Crippen molar-refractivity contribution < 1.29 is 14.3 Å². The Morgan fingerprint density at radius 1 is 1.53 bits per heavy atom. The number of amides is 1. The zero-order valence-electron chi connectivity index (χ0n) is 9.82. The maximum atomic E-state index is 13.5. The van der Waals surface area contributed by atoms with Crippen LogP contribution in [-0.2, 0) is 0 Å². The molecule has 17 heavy (non-hydrogen) atoms. The molecule has 0 fully saturated rings. The van der Waals surface area contributed by atoms with Crippen molar-refractivity contribution in [1.82, 2.24) is 4.90 Å². The number of carbonyl (C=O) groups excluding carboxylic acids is 1. The number of aliphatic hydroxyl groups is 1. The maximum Gasteiger partial charge on any atom is 0.256 e. The minimum atomic E-state index is -0.613. The van der Waals surface area contributed by atoms with Gasteiger partial charge in [-0.3, -0.25) is 4.79 Å². The van der Waals surface area contributed by atoms with E-state index in [-0.39, 0.29) is 23.8 Å². The smallest absolute Gasteiger partial charge is 0.256 e. The number of benzene rings is 1. The first-order valence-electron chi connectivity index (χ1n) is 5.55. The highest BCUT2D eigenvalue weighted by atomic mass is 19.1. The fourth-order valence-electron chi connectivity index (χ4n) is 1.54. The molecule has 0 spiro atoms. The van der Waals surface area contributed by atoms with Crippen LogP contribution in [0.5, 0.6) is 0 Å². The van der Waals surface area contributed by atoms with E-state index >= 15 is 0 Å². The molecule has 0 aliphatic rings. The van der Waals surface area contributed by atoms with Gasteiger partial charge in [0.05, 0.1) is 5.56 Å². The molecule has 0 unspecified atom stereocenters. The Balaban J connectivity index is 2.86. The van der Waals surface area contributed by atoms with Crippen LogP contribution >= 0.6 is 0 Å². The summed E-state index contributed by atoms with van der Waals surface area (Å²) in [7, 11) is 0. The largest absolute Gasteiger partial charge is 0.399 e. The predicted molar refractivity (Wildman–Crippen MR) is 64.1 cm³/mol. The van der Waals surface area contributed by atoms with Gasteiger partial charge < -0.3 is 15.7 Å². The highest BCUT2D eigenvalue weighted by Gasteiger charge is 2.17. The fraction of sp³-hybridized carbons (Fsp3) is 0.417. The van der Waals surface area contributed by atoms with Crippen LogP contribution in [0.2, 0.25) is 0 Å². The third kappa shape index (κ3) is 3.42. The SMILES string of the molecule is CCN(CCCO)C(=O)c1ccc(N)cc1F. The molecule has 0 saturated carbocycles. The van der Waals surface area contributed by atoms with Crippen LogP contribution in [0.1, 0.15) is 23.7 Å². The normalized spacial score (nSPS) is 10.3. The first-order chi connectivity index (χ1) is 8.10. The molecule has 1 aromatic carbocycles. The van der Waals surface area contributed by atoms with Crippen molar-refractivity contribution >= 4 is 11.6 Å². The van der Waals surface area contributed by atoms with E-state index < -0.39 is 5.82 Å². The molecule has 1 rings (SSSR count). The zero-order valence-corrected chi connectivity index (χ0v) is 9.82. The van der Waals surface area contributed by atoms with Gasteiger partial charge in [0, 0.05) is 25.4 Å². The van der Waals surface area contributed by atoms with Gasteiger partial charge in [0.25, 0.3) is 5.91 Å². The molecule has 5 heteroatoms. The third-order valence-electron chi connectivity index (χ3n) is 2.48. The number of anilines is 1. The lowest BCUT2D eigenvalue weighted by molar-refractivity contribution is 0.0749. The fourth-order valence-corrected chi connectivity index (χ4v) is 1.54. The van der Waals surface area contributed by atoms with Gasteiger partial charge in [-0.1, -0.05) is 0 Å². The maximum absolute atomic E-state index is 13.5. The summed E-state index contributed by atoms with van der Waals surface area (Å²) in [5.41, 5.74) is 5.72. The Morgan fingerprint density at radius 3 is 2.76 bits per heavy atom. The summed E-state index contributed by atoms with van der Waals surface area (Å²) in [5, 5.41) is 8.73. The monoisotopic (exact) mass is 240 g/mol.